The van der Waals surface area contributed by atoms with Gasteiger partial charge < -0.3 is 10.2 Å². The van der Waals surface area contributed by atoms with E-state index in [1.165, 1.54) is 15.6 Å². The second-order valence-corrected chi connectivity index (χ2v) is 7.24. The molecule has 0 aliphatic rings. The normalized spacial score (nSPS) is 11.9. The molecule has 120 valence electrons. The van der Waals surface area contributed by atoms with Gasteiger partial charge in [0.25, 0.3) is 0 Å². The summed E-state index contributed by atoms with van der Waals surface area (Å²) in [6.07, 6.45) is 0. The van der Waals surface area contributed by atoms with E-state index >= 15 is 0 Å². The number of benzene rings is 1. The summed E-state index contributed by atoms with van der Waals surface area (Å²) in [5.41, 5.74) is 2.69. The lowest BCUT2D eigenvalue weighted by molar-refractivity contribution is 0.211. The van der Waals surface area contributed by atoms with Crippen LogP contribution in [0.15, 0.2) is 22.7 Å². The van der Waals surface area contributed by atoms with Crippen LogP contribution in [0.25, 0.3) is 0 Å². The molecule has 0 aromatic heterocycles. The van der Waals surface area contributed by atoms with Crippen LogP contribution in [0.2, 0.25) is 0 Å². The first kappa shape index (κ1) is 18.6. The van der Waals surface area contributed by atoms with E-state index in [0.717, 1.165) is 32.7 Å². The Hall–Kier alpha value is -0.420. The SMILES string of the molecule is CNCc1ccc(CN(CCN(C)C)CC(C)C)c(Br)c1. The van der Waals surface area contributed by atoms with E-state index in [0.29, 0.717) is 5.92 Å². The lowest BCUT2D eigenvalue weighted by Crippen LogP contribution is -2.34. The predicted molar refractivity (Wildman–Crippen MR) is 95.6 cm³/mol. The molecular formula is C17H30BrN3. The summed E-state index contributed by atoms with van der Waals surface area (Å²) < 4.78 is 1.22. The molecule has 1 aromatic carbocycles. The maximum Gasteiger partial charge on any atom is 0.0245 e. The molecule has 0 aliphatic heterocycles. The van der Waals surface area contributed by atoms with Crippen LogP contribution in [-0.4, -0.2) is 50.6 Å². The van der Waals surface area contributed by atoms with Crippen molar-refractivity contribution in [2.45, 2.75) is 26.9 Å². The minimum Gasteiger partial charge on any atom is -0.316 e. The molecule has 3 nitrogen and oxygen atoms in total. The van der Waals surface area contributed by atoms with Gasteiger partial charge in [-0.25, -0.2) is 0 Å². The summed E-state index contributed by atoms with van der Waals surface area (Å²) >= 11 is 3.73. The fourth-order valence-corrected chi connectivity index (χ4v) is 2.92. The van der Waals surface area contributed by atoms with Crippen molar-refractivity contribution < 1.29 is 0 Å². The highest BCUT2D eigenvalue weighted by Gasteiger charge is 2.11. The molecule has 4 heteroatoms. The van der Waals surface area contributed by atoms with Crippen LogP contribution in [0.4, 0.5) is 0 Å². The molecular weight excluding hydrogens is 326 g/mol. The van der Waals surface area contributed by atoms with Gasteiger partial charge in [-0.1, -0.05) is 41.9 Å². The van der Waals surface area contributed by atoms with Crippen LogP contribution in [0.1, 0.15) is 25.0 Å². The minimum atomic E-state index is 0.689. The van der Waals surface area contributed by atoms with E-state index in [1.54, 1.807) is 0 Å². The molecule has 0 amide bonds. The smallest absolute Gasteiger partial charge is 0.0245 e. The molecule has 0 heterocycles. The van der Waals surface area contributed by atoms with Crippen molar-refractivity contribution >= 4 is 15.9 Å². The Labute approximate surface area is 138 Å². The highest BCUT2D eigenvalue weighted by atomic mass is 79.9. The summed E-state index contributed by atoms with van der Waals surface area (Å²) in [6, 6.07) is 6.70. The van der Waals surface area contributed by atoms with Crippen LogP contribution in [0, 0.1) is 5.92 Å². The Morgan fingerprint density at radius 1 is 1.19 bits per heavy atom. The molecule has 1 N–H and O–H groups in total. The first-order valence-corrected chi connectivity index (χ1v) is 8.50. The maximum atomic E-state index is 3.73. The van der Waals surface area contributed by atoms with Gasteiger partial charge in [0, 0.05) is 37.2 Å². The average Bonchev–Trinajstić information content (AvgIpc) is 2.38. The Morgan fingerprint density at radius 3 is 2.43 bits per heavy atom. The van der Waals surface area contributed by atoms with Gasteiger partial charge in [0.2, 0.25) is 0 Å². The second kappa shape index (κ2) is 9.57. The van der Waals surface area contributed by atoms with Crippen molar-refractivity contribution in [1.29, 1.82) is 0 Å². The van der Waals surface area contributed by atoms with E-state index in [2.05, 4.69) is 77.2 Å². The Balaban J connectivity index is 2.72. The Bertz CT molecular complexity index is 418. The quantitative estimate of drug-likeness (QED) is 0.733. The fourth-order valence-electron chi connectivity index (χ4n) is 2.37. The molecule has 1 aromatic rings. The van der Waals surface area contributed by atoms with Crippen LogP contribution < -0.4 is 5.32 Å². The molecule has 0 unspecified atom stereocenters. The molecule has 0 saturated heterocycles. The van der Waals surface area contributed by atoms with Crippen molar-refractivity contribution in [3.05, 3.63) is 33.8 Å². The summed E-state index contributed by atoms with van der Waals surface area (Å²) in [5.74, 6) is 0.689. The summed E-state index contributed by atoms with van der Waals surface area (Å²) in [6.45, 7) is 9.83. The van der Waals surface area contributed by atoms with Gasteiger partial charge in [0.05, 0.1) is 0 Å². The summed E-state index contributed by atoms with van der Waals surface area (Å²) in [5, 5.41) is 3.19. The highest BCUT2D eigenvalue weighted by molar-refractivity contribution is 9.10. The molecule has 0 atom stereocenters. The number of nitrogens with one attached hydrogen (secondary N) is 1. The molecule has 0 radical (unpaired) electrons. The largest absolute Gasteiger partial charge is 0.316 e. The number of rotatable bonds is 9. The maximum absolute atomic E-state index is 3.73. The first-order chi connectivity index (χ1) is 9.92. The van der Waals surface area contributed by atoms with Crippen LogP contribution in [0.3, 0.4) is 0 Å². The fraction of sp³-hybridized carbons (Fsp3) is 0.647. The number of nitrogens with zero attached hydrogens (tertiary/aromatic N) is 2. The number of likely N-dealkylation sites (N-methyl/N-ethyl adjacent to an activating group) is 1. The minimum absolute atomic E-state index is 0.689. The third kappa shape index (κ3) is 7.41. The van der Waals surface area contributed by atoms with Gasteiger partial charge >= 0.3 is 0 Å². The molecule has 0 saturated carbocycles. The van der Waals surface area contributed by atoms with E-state index in [-0.39, 0.29) is 0 Å². The van der Waals surface area contributed by atoms with Crippen LogP contribution in [0.5, 0.6) is 0 Å². The van der Waals surface area contributed by atoms with Gasteiger partial charge in [-0.15, -0.1) is 0 Å². The molecule has 21 heavy (non-hydrogen) atoms. The Kier molecular flexibility index (Phi) is 8.49. The average molecular weight is 356 g/mol. The molecule has 0 aliphatic carbocycles. The Morgan fingerprint density at radius 2 is 1.90 bits per heavy atom. The highest BCUT2D eigenvalue weighted by Crippen LogP contribution is 2.21. The lowest BCUT2D eigenvalue weighted by Gasteiger charge is -2.26. The predicted octanol–water partition coefficient (Wildman–Crippen LogP) is 3.19. The topological polar surface area (TPSA) is 18.5 Å². The number of halogens is 1. The standard InChI is InChI=1S/C17H30BrN3/c1-14(2)12-21(9-8-20(4)5)13-16-7-6-15(11-19-3)10-17(16)18/h6-7,10,14,19H,8-9,11-13H2,1-5H3. The zero-order chi connectivity index (χ0) is 15.8. The van der Waals surface area contributed by atoms with Gasteiger partial charge in [-0.3, -0.25) is 4.90 Å². The number of hydrogen-bond acceptors (Lipinski definition) is 3. The molecule has 0 spiro atoms. The monoisotopic (exact) mass is 355 g/mol. The van der Waals surface area contributed by atoms with E-state index in [1.807, 2.05) is 7.05 Å². The molecule has 0 fully saturated rings. The van der Waals surface area contributed by atoms with E-state index < -0.39 is 0 Å². The van der Waals surface area contributed by atoms with E-state index in [4.69, 9.17) is 0 Å². The van der Waals surface area contributed by atoms with Crippen molar-refractivity contribution in [3.8, 4) is 0 Å². The van der Waals surface area contributed by atoms with Gasteiger partial charge in [-0.05, 0) is 44.3 Å². The number of hydrogen-bond donors (Lipinski definition) is 1. The van der Waals surface area contributed by atoms with Gasteiger partial charge in [0.15, 0.2) is 0 Å². The molecule has 1 rings (SSSR count). The third-order valence-corrected chi connectivity index (χ3v) is 4.12. The zero-order valence-electron chi connectivity index (χ0n) is 14.1. The van der Waals surface area contributed by atoms with Crippen molar-refractivity contribution in [2.24, 2.45) is 5.92 Å². The van der Waals surface area contributed by atoms with Crippen molar-refractivity contribution in [2.75, 3.05) is 40.8 Å². The first-order valence-electron chi connectivity index (χ1n) is 7.71. The van der Waals surface area contributed by atoms with Crippen LogP contribution in [-0.2, 0) is 13.1 Å². The summed E-state index contributed by atoms with van der Waals surface area (Å²) in [4.78, 5) is 4.79. The van der Waals surface area contributed by atoms with Crippen LogP contribution >= 0.6 is 15.9 Å². The third-order valence-electron chi connectivity index (χ3n) is 3.38. The second-order valence-electron chi connectivity index (χ2n) is 6.39. The van der Waals surface area contributed by atoms with Gasteiger partial charge in [0.1, 0.15) is 0 Å². The van der Waals surface area contributed by atoms with Crippen molar-refractivity contribution in [3.63, 3.8) is 0 Å². The van der Waals surface area contributed by atoms with Crippen molar-refractivity contribution in [1.82, 2.24) is 15.1 Å². The van der Waals surface area contributed by atoms with Gasteiger partial charge in [-0.2, -0.15) is 0 Å². The zero-order valence-corrected chi connectivity index (χ0v) is 15.7. The molecule has 0 bridgehead atoms. The summed E-state index contributed by atoms with van der Waals surface area (Å²) in [7, 11) is 6.25. The van der Waals surface area contributed by atoms with E-state index in [9.17, 15) is 0 Å². The lowest BCUT2D eigenvalue weighted by atomic mass is 10.1.